The summed E-state index contributed by atoms with van der Waals surface area (Å²) in [7, 11) is 0. The fraction of sp³-hybridized carbons (Fsp3) is 0.625. The zero-order chi connectivity index (χ0) is 13.3. The molecule has 2 rings (SSSR count). The van der Waals surface area contributed by atoms with E-state index in [1.54, 1.807) is 0 Å². The molecule has 1 aromatic rings. The number of hydrogen-bond acceptors (Lipinski definition) is 2. The molecule has 0 spiro atoms. The van der Waals surface area contributed by atoms with Crippen LogP contribution in [0, 0.1) is 0 Å². The third-order valence-electron chi connectivity index (χ3n) is 3.79. The first-order valence-electron chi connectivity index (χ1n) is 7.38. The third-order valence-corrected chi connectivity index (χ3v) is 4.25. The van der Waals surface area contributed by atoms with Gasteiger partial charge in [0.1, 0.15) is 5.75 Å². The number of halogens is 1. The Balaban J connectivity index is 1.66. The Morgan fingerprint density at radius 1 is 1.21 bits per heavy atom. The topological polar surface area (TPSA) is 12.5 Å². The molecular formula is C16H24BrNO. The van der Waals surface area contributed by atoms with Crippen LogP contribution in [0.3, 0.4) is 0 Å². The first-order valence-corrected chi connectivity index (χ1v) is 8.50. The summed E-state index contributed by atoms with van der Waals surface area (Å²) in [5, 5.41) is 1.12. The van der Waals surface area contributed by atoms with Crippen LogP contribution in [-0.2, 0) is 0 Å². The van der Waals surface area contributed by atoms with Gasteiger partial charge in [-0.15, -0.1) is 0 Å². The first kappa shape index (κ1) is 14.9. The SMILES string of the molecule is BrCCC1CCCCN1CCCOc1ccccc1. The Morgan fingerprint density at radius 2 is 2.05 bits per heavy atom. The molecular weight excluding hydrogens is 302 g/mol. The molecule has 1 aliphatic rings. The Kier molecular flexibility index (Phi) is 6.72. The van der Waals surface area contributed by atoms with Crippen LogP contribution in [0.4, 0.5) is 0 Å². The van der Waals surface area contributed by atoms with Gasteiger partial charge in [0.05, 0.1) is 6.61 Å². The molecule has 1 aliphatic heterocycles. The lowest BCUT2D eigenvalue weighted by Crippen LogP contribution is -2.40. The highest BCUT2D eigenvalue weighted by Crippen LogP contribution is 2.20. The van der Waals surface area contributed by atoms with E-state index in [0.717, 1.165) is 30.1 Å². The first-order chi connectivity index (χ1) is 9.40. The highest BCUT2D eigenvalue weighted by atomic mass is 79.9. The van der Waals surface area contributed by atoms with Crippen LogP contribution in [0.5, 0.6) is 5.75 Å². The van der Waals surface area contributed by atoms with E-state index in [4.69, 9.17) is 4.74 Å². The highest BCUT2D eigenvalue weighted by Gasteiger charge is 2.20. The van der Waals surface area contributed by atoms with Crippen molar-refractivity contribution in [3.63, 3.8) is 0 Å². The second-order valence-electron chi connectivity index (χ2n) is 5.18. The summed E-state index contributed by atoms with van der Waals surface area (Å²) in [6.45, 7) is 3.26. The van der Waals surface area contributed by atoms with Gasteiger partial charge < -0.3 is 9.64 Å². The molecule has 0 radical (unpaired) electrons. The molecule has 0 bridgehead atoms. The summed E-state index contributed by atoms with van der Waals surface area (Å²) in [5.74, 6) is 0.984. The van der Waals surface area contributed by atoms with Gasteiger partial charge in [-0.1, -0.05) is 40.5 Å². The second-order valence-corrected chi connectivity index (χ2v) is 5.97. The molecule has 1 heterocycles. The Labute approximate surface area is 125 Å². The van der Waals surface area contributed by atoms with Crippen molar-refractivity contribution < 1.29 is 4.74 Å². The van der Waals surface area contributed by atoms with E-state index >= 15 is 0 Å². The second kappa shape index (κ2) is 8.60. The summed E-state index contributed by atoms with van der Waals surface area (Å²) in [5.41, 5.74) is 0. The van der Waals surface area contributed by atoms with E-state index in [2.05, 4.69) is 20.8 Å². The smallest absolute Gasteiger partial charge is 0.119 e. The van der Waals surface area contributed by atoms with Crippen molar-refractivity contribution in [1.29, 1.82) is 0 Å². The number of piperidine rings is 1. The lowest BCUT2D eigenvalue weighted by atomic mass is 10.00. The maximum Gasteiger partial charge on any atom is 0.119 e. The Morgan fingerprint density at radius 3 is 2.84 bits per heavy atom. The van der Waals surface area contributed by atoms with E-state index in [0.29, 0.717) is 0 Å². The van der Waals surface area contributed by atoms with Crippen LogP contribution < -0.4 is 4.74 Å². The Hall–Kier alpha value is -0.540. The van der Waals surface area contributed by atoms with Crippen molar-refractivity contribution in [2.75, 3.05) is 25.0 Å². The molecule has 3 heteroatoms. The number of benzene rings is 1. The summed E-state index contributed by atoms with van der Waals surface area (Å²) >= 11 is 3.57. The van der Waals surface area contributed by atoms with Crippen LogP contribution in [-0.4, -0.2) is 36.0 Å². The molecule has 1 unspecified atom stereocenters. The van der Waals surface area contributed by atoms with E-state index < -0.39 is 0 Å². The van der Waals surface area contributed by atoms with Crippen LogP contribution in [0.25, 0.3) is 0 Å². The number of hydrogen-bond donors (Lipinski definition) is 0. The predicted molar refractivity (Wildman–Crippen MR) is 84.2 cm³/mol. The summed E-state index contributed by atoms with van der Waals surface area (Å²) < 4.78 is 5.76. The van der Waals surface area contributed by atoms with Crippen molar-refractivity contribution in [2.24, 2.45) is 0 Å². The number of ether oxygens (including phenoxy) is 1. The molecule has 1 fully saturated rings. The number of alkyl halides is 1. The summed E-state index contributed by atoms with van der Waals surface area (Å²) in [4.78, 5) is 2.65. The highest BCUT2D eigenvalue weighted by molar-refractivity contribution is 9.09. The molecule has 2 nitrogen and oxygen atoms in total. The average molecular weight is 326 g/mol. The zero-order valence-electron chi connectivity index (χ0n) is 11.6. The van der Waals surface area contributed by atoms with Gasteiger partial charge in [0.25, 0.3) is 0 Å². The molecule has 0 aliphatic carbocycles. The van der Waals surface area contributed by atoms with Crippen LogP contribution in [0.15, 0.2) is 30.3 Å². The predicted octanol–water partition coefficient (Wildman–Crippen LogP) is 4.10. The number of rotatable bonds is 7. The normalized spacial score (nSPS) is 20.4. The number of likely N-dealkylation sites (tertiary alicyclic amines) is 1. The minimum Gasteiger partial charge on any atom is -0.494 e. The molecule has 0 amide bonds. The van der Waals surface area contributed by atoms with Crippen molar-refractivity contribution in [3.05, 3.63) is 30.3 Å². The fourth-order valence-electron chi connectivity index (χ4n) is 2.78. The van der Waals surface area contributed by atoms with Crippen molar-refractivity contribution in [2.45, 2.75) is 38.1 Å². The van der Waals surface area contributed by atoms with E-state index in [9.17, 15) is 0 Å². The van der Waals surface area contributed by atoms with Crippen molar-refractivity contribution in [3.8, 4) is 5.75 Å². The number of nitrogens with zero attached hydrogens (tertiary/aromatic N) is 1. The van der Waals surface area contributed by atoms with Gasteiger partial charge in [-0.25, -0.2) is 0 Å². The van der Waals surface area contributed by atoms with Gasteiger partial charge in [-0.2, -0.15) is 0 Å². The summed E-state index contributed by atoms with van der Waals surface area (Å²) in [6, 6.07) is 10.9. The Bertz CT molecular complexity index is 342. The van der Waals surface area contributed by atoms with Gasteiger partial charge in [0, 0.05) is 17.9 Å². The molecule has 19 heavy (non-hydrogen) atoms. The number of para-hydroxylation sites is 1. The van der Waals surface area contributed by atoms with Gasteiger partial charge >= 0.3 is 0 Å². The van der Waals surface area contributed by atoms with Crippen molar-refractivity contribution >= 4 is 15.9 Å². The lowest BCUT2D eigenvalue weighted by molar-refractivity contribution is 0.135. The maximum atomic E-state index is 5.76. The average Bonchev–Trinajstić information content (AvgIpc) is 2.47. The molecule has 1 aromatic carbocycles. The van der Waals surface area contributed by atoms with E-state index in [1.165, 1.54) is 38.8 Å². The molecule has 0 N–H and O–H groups in total. The third kappa shape index (κ3) is 5.15. The van der Waals surface area contributed by atoms with Gasteiger partial charge in [-0.05, 0) is 44.4 Å². The molecule has 1 atom stereocenters. The fourth-order valence-corrected chi connectivity index (χ4v) is 3.31. The standard InChI is InChI=1S/C16H24BrNO/c17-11-10-15-7-4-5-12-18(15)13-6-14-19-16-8-2-1-3-9-16/h1-3,8-9,15H,4-7,10-14H2. The molecule has 1 saturated heterocycles. The molecule has 0 saturated carbocycles. The quantitative estimate of drug-likeness (QED) is 0.553. The summed E-state index contributed by atoms with van der Waals surface area (Å²) in [6.07, 6.45) is 6.52. The van der Waals surface area contributed by atoms with Gasteiger partial charge in [0.15, 0.2) is 0 Å². The van der Waals surface area contributed by atoms with Crippen LogP contribution >= 0.6 is 15.9 Å². The maximum absolute atomic E-state index is 5.76. The molecule has 0 aromatic heterocycles. The van der Waals surface area contributed by atoms with Crippen LogP contribution in [0.1, 0.15) is 32.1 Å². The van der Waals surface area contributed by atoms with E-state index in [-0.39, 0.29) is 0 Å². The van der Waals surface area contributed by atoms with Gasteiger partial charge in [0.2, 0.25) is 0 Å². The lowest BCUT2D eigenvalue weighted by Gasteiger charge is -2.35. The zero-order valence-corrected chi connectivity index (χ0v) is 13.1. The monoisotopic (exact) mass is 325 g/mol. The largest absolute Gasteiger partial charge is 0.494 e. The minimum absolute atomic E-state index is 0.782. The minimum atomic E-state index is 0.782. The van der Waals surface area contributed by atoms with Crippen LogP contribution in [0.2, 0.25) is 0 Å². The van der Waals surface area contributed by atoms with Crippen molar-refractivity contribution in [1.82, 2.24) is 4.90 Å². The molecule has 106 valence electrons. The van der Waals surface area contributed by atoms with E-state index in [1.807, 2.05) is 30.3 Å². The van der Waals surface area contributed by atoms with Gasteiger partial charge in [-0.3, -0.25) is 0 Å².